The van der Waals surface area contributed by atoms with Crippen LogP contribution in [0.25, 0.3) is 0 Å². The number of carbonyl (C=O) groups is 1. The van der Waals surface area contributed by atoms with Crippen molar-refractivity contribution in [1.29, 1.82) is 0 Å². The molecule has 1 saturated heterocycles. The Morgan fingerprint density at radius 3 is 2.79 bits per heavy atom. The van der Waals surface area contributed by atoms with Crippen LogP contribution in [0.3, 0.4) is 0 Å². The van der Waals surface area contributed by atoms with E-state index >= 15 is 0 Å². The van der Waals surface area contributed by atoms with Crippen LogP contribution in [0.15, 0.2) is 24.3 Å². The van der Waals surface area contributed by atoms with Gasteiger partial charge in [0.1, 0.15) is 0 Å². The molecule has 0 saturated carbocycles. The van der Waals surface area contributed by atoms with Gasteiger partial charge in [-0.3, -0.25) is 4.79 Å². The van der Waals surface area contributed by atoms with Crippen molar-refractivity contribution in [2.75, 3.05) is 25.4 Å². The first-order chi connectivity index (χ1) is 8.98. The van der Waals surface area contributed by atoms with E-state index in [-0.39, 0.29) is 5.78 Å². The summed E-state index contributed by atoms with van der Waals surface area (Å²) < 4.78 is 0.323. The van der Waals surface area contributed by atoms with E-state index in [1.54, 1.807) is 0 Å². The normalized spacial score (nSPS) is 19.3. The van der Waals surface area contributed by atoms with Crippen molar-refractivity contribution in [2.45, 2.75) is 31.9 Å². The van der Waals surface area contributed by atoms with Crippen LogP contribution in [0.4, 0.5) is 0 Å². The molecule has 3 heteroatoms. The summed E-state index contributed by atoms with van der Waals surface area (Å²) in [7, 11) is 0. The number of hydrogen-bond acceptors (Lipinski definition) is 3. The highest BCUT2D eigenvalue weighted by atomic mass is 32.2. The Labute approximate surface area is 120 Å². The molecule has 2 rings (SSSR count). The SMILES string of the molecule is Cc1ccccc1C(=O)CCN1CCSC(C)(C)C1. The average Bonchev–Trinajstić information content (AvgIpc) is 2.35. The Kier molecular flexibility index (Phi) is 4.69. The summed E-state index contributed by atoms with van der Waals surface area (Å²) >= 11 is 2.03. The van der Waals surface area contributed by atoms with Crippen molar-refractivity contribution in [3.05, 3.63) is 35.4 Å². The lowest BCUT2D eigenvalue weighted by atomic mass is 10.0. The van der Waals surface area contributed by atoms with E-state index in [0.29, 0.717) is 11.2 Å². The monoisotopic (exact) mass is 277 g/mol. The van der Waals surface area contributed by atoms with E-state index in [1.807, 2.05) is 43.0 Å². The van der Waals surface area contributed by atoms with Crippen LogP contribution in [0.1, 0.15) is 36.2 Å². The maximum Gasteiger partial charge on any atom is 0.164 e. The van der Waals surface area contributed by atoms with Gasteiger partial charge < -0.3 is 4.90 Å². The first-order valence-electron chi connectivity index (χ1n) is 6.93. The van der Waals surface area contributed by atoms with Gasteiger partial charge in [0.25, 0.3) is 0 Å². The summed E-state index contributed by atoms with van der Waals surface area (Å²) in [6, 6.07) is 7.87. The minimum absolute atomic E-state index is 0.272. The van der Waals surface area contributed by atoms with Crippen molar-refractivity contribution in [3.63, 3.8) is 0 Å². The van der Waals surface area contributed by atoms with Gasteiger partial charge in [0.15, 0.2) is 5.78 Å². The zero-order chi connectivity index (χ0) is 13.9. The minimum Gasteiger partial charge on any atom is -0.301 e. The second kappa shape index (κ2) is 6.10. The fraction of sp³-hybridized carbons (Fsp3) is 0.562. The van der Waals surface area contributed by atoms with E-state index < -0.39 is 0 Å². The number of Topliss-reactive ketones (excluding diaryl/α,β-unsaturated/α-hetero) is 1. The highest BCUT2D eigenvalue weighted by Crippen LogP contribution is 2.29. The van der Waals surface area contributed by atoms with Crippen LogP contribution in [-0.4, -0.2) is 40.8 Å². The number of rotatable bonds is 4. The van der Waals surface area contributed by atoms with Gasteiger partial charge >= 0.3 is 0 Å². The van der Waals surface area contributed by atoms with Crippen LogP contribution in [0.2, 0.25) is 0 Å². The molecule has 0 aromatic heterocycles. The Balaban J connectivity index is 1.89. The molecule has 0 radical (unpaired) electrons. The van der Waals surface area contributed by atoms with Gasteiger partial charge in [-0.1, -0.05) is 24.3 Å². The molecule has 104 valence electrons. The molecule has 1 aromatic carbocycles. The highest BCUT2D eigenvalue weighted by Gasteiger charge is 2.27. The molecule has 0 N–H and O–H groups in total. The molecule has 0 unspecified atom stereocenters. The van der Waals surface area contributed by atoms with E-state index in [0.717, 1.165) is 30.8 Å². The fourth-order valence-electron chi connectivity index (χ4n) is 2.59. The number of carbonyl (C=O) groups excluding carboxylic acids is 1. The fourth-order valence-corrected chi connectivity index (χ4v) is 3.76. The summed E-state index contributed by atoms with van der Waals surface area (Å²) in [5, 5.41) is 0. The lowest BCUT2D eigenvalue weighted by Crippen LogP contribution is -2.43. The quantitative estimate of drug-likeness (QED) is 0.787. The molecule has 1 aliphatic rings. The smallest absolute Gasteiger partial charge is 0.164 e. The van der Waals surface area contributed by atoms with Gasteiger partial charge in [-0.05, 0) is 26.3 Å². The number of benzene rings is 1. The third-order valence-electron chi connectivity index (χ3n) is 3.61. The van der Waals surface area contributed by atoms with Crippen molar-refractivity contribution in [2.24, 2.45) is 0 Å². The Hall–Kier alpha value is -0.800. The number of aryl methyl sites for hydroxylation is 1. The zero-order valence-electron chi connectivity index (χ0n) is 12.1. The molecule has 1 heterocycles. The second-order valence-corrected chi connectivity index (χ2v) is 7.67. The number of thioether (sulfide) groups is 1. The third-order valence-corrected chi connectivity index (χ3v) is 4.90. The molecular formula is C16H23NOS. The molecule has 0 atom stereocenters. The van der Waals surface area contributed by atoms with Crippen molar-refractivity contribution >= 4 is 17.5 Å². The number of hydrogen-bond donors (Lipinski definition) is 0. The van der Waals surface area contributed by atoms with Crippen LogP contribution in [0.5, 0.6) is 0 Å². The molecule has 0 bridgehead atoms. The summed E-state index contributed by atoms with van der Waals surface area (Å²) in [5.74, 6) is 1.44. The number of nitrogens with zero attached hydrogens (tertiary/aromatic N) is 1. The summed E-state index contributed by atoms with van der Waals surface area (Å²) in [5.41, 5.74) is 1.97. The van der Waals surface area contributed by atoms with E-state index in [9.17, 15) is 4.79 Å². The van der Waals surface area contributed by atoms with Crippen molar-refractivity contribution < 1.29 is 4.79 Å². The molecule has 0 aliphatic carbocycles. The standard InChI is InChI=1S/C16H23NOS/c1-13-6-4-5-7-14(13)15(18)8-9-17-10-11-19-16(2,3)12-17/h4-7H,8-12H2,1-3H3. The topological polar surface area (TPSA) is 20.3 Å². The molecule has 19 heavy (non-hydrogen) atoms. The Bertz CT molecular complexity index is 456. The predicted molar refractivity (Wildman–Crippen MR) is 83.1 cm³/mol. The predicted octanol–water partition coefficient (Wildman–Crippen LogP) is 3.40. The highest BCUT2D eigenvalue weighted by molar-refractivity contribution is 8.00. The maximum absolute atomic E-state index is 12.2. The summed E-state index contributed by atoms with van der Waals surface area (Å²) in [4.78, 5) is 14.7. The second-order valence-electron chi connectivity index (χ2n) is 5.87. The third kappa shape index (κ3) is 4.08. The maximum atomic E-state index is 12.2. The molecule has 0 spiro atoms. The lowest BCUT2D eigenvalue weighted by molar-refractivity contribution is 0.0962. The van der Waals surface area contributed by atoms with Gasteiger partial charge in [0.05, 0.1) is 0 Å². The molecule has 1 aromatic rings. The van der Waals surface area contributed by atoms with Gasteiger partial charge in [0, 0.05) is 42.1 Å². The summed E-state index contributed by atoms with van der Waals surface area (Å²) in [6.07, 6.45) is 0.631. The molecule has 1 aliphatic heterocycles. The minimum atomic E-state index is 0.272. The van der Waals surface area contributed by atoms with Crippen LogP contribution in [-0.2, 0) is 0 Å². The molecule has 0 amide bonds. The van der Waals surface area contributed by atoms with Crippen molar-refractivity contribution in [1.82, 2.24) is 4.90 Å². The van der Waals surface area contributed by atoms with E-state index in [4.69, 9.17) is 0 Å². The zero-order valence-corrected chi connectivity index (χ0v) is 12.9. The van der Waals surface area contributed by atoms with Gasteiger partial charge in [-0.2, -0.15) is 11.8 Å². The first kappa shape index (κ1) is 14.6. The molecular weight excluding hydrogens is 254 g/mol. The Morgan fingerprint density at radius 2 is 2.11 bits per heavy atom. The molecule has 1 fully saturated rings. The largest absolute Gasteiger partial charge is 0.301 e. The van der Waals surface area contributed by atoms with Crippen molar-refractivity contribution in [3.8, 4) is 0 Å². The average molecular weight is 277 g/mol. The lowest BCUT2D eigenvalue weighted by Gasteiger charge is -2.37. The van der Waals surface area contributed by atoms with Crippen LogP contribution < -0.4 is 0 Å². The van der Waals surface area contributed by atoms with Gasteiger partial charge in [-0.15, -0.1) is 0 Å². The van der Waals surface area contributed by atoms with Gasteiger partial charge in [-0.25, -0.2) is 0 Å². The van der Waals surface area contributed by atoms with Crippen LogP contribution >= 0.6 is 11.8 Å². The van der Waals surface area contributed by atoms with E-state index in [1.165, 1.54) is 5.75 Å². The Morgan fingerprint density at radius 1 is 1.37 bits per heavy atom. The summed E-state index contributed by atoms with van der Waals surface area (Å²) in [6.45, 7) is 9.65. The first-order valence-corrected chi connectivity index (χ1v) is 7.92. The van der Waals surface area contributed by atoms with Crippen LogP contribution in [0, 0.1) is 6.92 Å². The van der Waals surface area contributed by atoms with E-state index in [2.05, 4.69) is 18.7 Å². The number of ketones is 1. The van der Waals surface area contributed by atoms with Gasteiger partial charge in [0.2, 0.25) is 0 Å². The molecule has 2 nitrogen and oxygen atoms in total.